The zero-order valence-corrected chi connectivity index (χ0v) is 14.6. The average Bonchev–Trinajstić information content (AvgIpc) is 3.44. The lowest BCUT2D eigenvalue weighted by molar-refractivity contribution is -0.119. The molecule has 1 saturated carbocycles. The molecule has 24 heavy (non-hydrogen) atoms. The van der Waals surface area contributed by atoms with E-state index in [2.05, 4.69) is 17.6 Å². The Morgan fingerprint density at radius 1 is 1.25 bits per heavy atom. The van der Waals surface area contributed by atoms with Gasteiger partial charge < -0.3 is 15.5 Å². The summed E-state index contributed by atoms with van der Waals surface area (Å²) in [7, 11) is 1.76. The van der Waals surface area contributed by atoms with Crippen LogP contribution in [-0.4, -0.2) is 38.5 Å². The predicted molar refractivity (Wildman–Crippen MR) is 95.1 cm³/mol. The van der Waals surface area contributed by atoms with Crippen molar-refractivity contribution in [2.45, 2.75) is 32.6 Å². The van der Waals surface area contributed by atoms with E-state index in [1.807, 2.05) is 18.2 Å². The quantitative estimate of drug-likeness (QED) is 0.870. The molecule has 1 aromatic carbocycles. The summed E-state index contributed by atoms with van der Waals surface area (Å²) in [5.41, 5.74) is 1.42. The van der Waals surface area contributed by atoms with Gasteiger partial charge in [-0.2, -0.15) is 0 Å². The summed E-state index contributed by atoms with van der Waals surface area (Å²) in [4.78, 5) is 26.7. The van der Waals surface area contributed by atoms with E-state index in [1.165, 1.54) is 0 Å². The zero-order valence-electron chi connectivity index (χ0n) is 14.6. The van der Waals surface area contributed by atoms with Crippen LogP contribution < -0.4 is 15.5 Å². The maximum Gasteiger partial charge on any atom is 0.253 e. The molecule has 2 amide bonds. The zero-order chi connectivity index (χ0) is 17.2. The van der Waals surface area contributed by atoms with E-state index < -0.39 is 0 Å². The maximum absolute atomic E-state index is 12.7. The van der Waals surface area contributed by atoms with Gasteiger partial charge in [0.25, 0.3) is 5.91 Å². The molecule has 1 aromatic rings. The van der Waals surface area contributed by atoms with Crippen LogP contribution in [0.3, 0.4) is 0 Å². The number of benzene rings is 1. The SMILES string of the molecule is CN(C(=O)C1CC1)c1ccccc1C(=O)NCC1(C)CCNCC1. The summed E-state index contributed by atoms with van der Waals surface area (Å²) in [6.45, 7) is 4.90. The Morgan fingerprint density at radius 3 is 2.58 bits per heavy atom. The van der Waals surface area contributed by atoms with Crippen molar-refractivity contribution in [1.82, 2.24) is 10.6 Å². The van der Waals surface area contributed by atoms with Crippen LogP contribution in [0, 0.1) is 11.3 Å². The first kappa shape index (κ1) is 17.0. The number of hydrogen-bond donors (Lipinski definition) is 2. The highest BCUT2D eigenvalue weighted by molar-refractivity contribution is 6.05. The van der Waals surface area contributed by atoms with Crippen LogP contribution in [0.15, 0.2) is 24.3 Å². The van der Waals surface area contributed by atoms with Crippen LogP contribution in [-0.2, 0) is 4.79 Å². The van der Waals surface area contributed by atoms with Crippen molar-refractivity contribution in [1.29, 1.82) is 0 Å². The summed E-state index contributed by atoms with van der Waals surface area (Å²) in [6, 6.07) is 7.37. The molecule has 3 rings (SSSR count). The number of anilines is 1. The van der Waals surface area contributed by atoms with Gasteiger partial charge in [-0.1, -0.05) is 19.1 Å². The molecule has 1 aliphatic carbocycles. The fraction of sp³-hybridized carbons (Fsp3) is 0.579. The number of carbonyl (C=O) groups is 2. The molecule has 0 spiro atoms. The summed E-state index contributed by atoms with van der Waals surface area (Å²) in [5, 5.41) is 6.44. The first-order valence-corrected chi connectivity index (χ1v) is 8.86. The van der Waals surface area contributed by atoms with E-state index in [4.69, 9.17) is 0 Å². The topological polar surface area (TPSA) is 61.4 Å². The number of hydrogen-bond acceptors (Lipinski definition) is 3. The molecule has 0 bridgehead atoms. The molecule has 0 aromatic heterocycles. The van der Waals surface area contributed by atoms with E-state index >= 15 is 0 Å². The Bertz CT molecular complexity index is 619. The van der Waals surface area contributed by atoms with Crippen molar-refractivity contribution in [2.24, 2.45) is 11.3 Å². The molecule has 1 saturated heterocycles. The molecule has 5 heteroatoms. The molecular weight excluding hydrogens is 302 g/mol. The van der Waals surface area contributed by atoms with Crippen molar-refractivity contribution in [2.75, 3.05) is 31.6 Å². The third kappa shape index (κ3) is 3.78. The number of carbonyl (C=O) groups excluding carboxylic acids is 2. The molecule has 0 radical (unpaired) electrons. The molecule has 2 aliphatic rings. The second-order valence-corrected chi connectivity index (χ2v) is 7.43. The van der Waals surface area contributed by atoms with E-state index in [1.54, 1.807) is 18.0 Å². The van der Waals surface area contributed by atoms with Gasteiger partial charge in [0, 0.05) is 19.5 Å². The molecule has 2 N–H and O–H groups in total. The third-order valence-electron chi connectivity index (χ3n) is 5.25. The minimum Gasteiger partial charge on any atom is -0.351 e. The minimum atomic E-state index is -0.0965. The van der Waals surface area contributed by atoms with Gasteiger partial charge >= 0.3 is 0 Å². The molecule has 130 valence electrons. The smallest absolute Gasteiger partial charge is 0.253 e. The van der Waals surface area contributed by atoms with Gasteiger partial charge in [0.2, 0.25) is 5.91 Å². The third-order valence-corrected chi connectivity index (χ3v) is 5.25. The minimum absolute atomic E-state index is 0.0965. The lowest BCUT2D eigenvalue weighted by atomic mass is 9.81. The van der Waals surface area contributed by atoms with Gasteiger partial charge in [0.05, 0.1) is 11.3 Å². The second-order valence-electron chi connectivity index (χ2n) is 7.43. The normalized spacial score (nSPS) is 19.6. The highest BCUT2D eigenvalue weighted by Gasteiger charge is 2.33. The first-order chi connectivity index (χ1) is 11.5. The summed E-state index contributed by atoms with van der Waals surface area (Å²) < 4.78 is 0. The lowest BCUT2D eigenvalue weighted by Gasteiger charge is -2.34. The van der Waals surface area contributed by atoms with Crippen LogP contribution in [0.2, 0.25) is 0 Å². The monoisotopic (exact) mass is 329 g/mol. The fourth-order valence-corrected chi connectivity index (χ4v) is 3.28. The van der Waals surface area contributed by atoms with Crippen LogP contribution in [0.4, 0.5) is 5.69 Å². The largest absolute Gasteiger partial charge is 0.351 e. The van der Waals surface area contributed by atoms with E-state index in [9.17, 15) is 9.59 Å². The Labute approximate surface area is 143 Å². The van der Waals surface area contributed by atoms with Gasteiger partial charge in [-0.05, 0) is 56.3 Å². The van der Waals surface area contributed by atoms with Crippen molar-refractivity contribution < 1.29 is 9.59 Å². The molecular formula is C19H27N3O2. The van der Waals surface area contributed by atoms with Gasteiger partial charge in [-0.25, -0.2) is 0 Å². The first-order valence-electron chi connectivity index (χ1n) is 8.86. The summed E-state index contributed by atoms with van der Waals surface area (Å²) >= 11 is 0. The van der Waals surface area contributed by atoms with E-state index in [-0.39, 0.29) is 23.1 Å². The van der Waals surface area contributed by atoms with Crippen molar-refractivity contribution in [3.05, 3.63) is 29.8 Å². The number of rotatable bonds is 5. The van der Waals surface area contributed by atoms with Gasteiger partial charge in [0.15, 0.2) is 0 Å². The van der Waals surface area contributed by atoms with Gasteiger partial charge in [-0.15, -0.1) is 0 Å². The second kappa shape index (κ2) is 6.93. The van der Waals surface area contributed by atoms with E-state index in [0.717, 1.165) is 38.8 Å². The average molecular weight is 329 g/mol. The Balaban J connectivity index is 1.69. The molecule has 2 fully saturated rings. The number of piperidine rings is 1. The highest BCUT2D eigenvalue weighted by atomic mass is 16.2. The van der Waals surface area contributed by atoms with Crippen LogP contribution >= 0.6 is 0 Å². The highest BCUT2D eigenvalue weighted by Crippen LogP contribution is 2.33. The maximum atomic E-state index is 12.7. The number of nitrogens with one attached hydrogen (secondary N) is 2. The molecule has 5 nitrogen and oxygen atoms in total. The lowest BCUT2D eigenvalue weighted by Crippen LogP contribution is -2.43. The standard InChI is InChI=1S/C19H27N3O2/c1-19(9-11-20-12-10-19)13-21-17(23)15-5-3-4-6-16(15)22(2)18(24)14-7-8-14/h3-6,14,20H,7-13H2,1-2H3,(H,21,23). The molecule has 1 aliphatic heterocycles. The number of nitrogens with zero attached hydrogens (tertiary/aromatic N) is 1. The Hall–Kier alpha value is -1.88. The van der Waals surface area contributed by atoms with Crippen molar-refractivity contribution >= 4 is 17.5 Å². The van der Waals surface area contributed by atoms with Gasteiger partial charge in [0.1, 0.15) is 0 Å². The van der Waals surface area contributed by atoms with Crippen molar-refractivity contribution in [3.8, 4) is 0 Å². The van der Waals surface area contributed by atoms with Gasteiger partial charge in [-0.3, -0.25) is 9.59 Å². The van der Waals surface area contributed by atoms with Crippen LogP contribution in [0.25, 0.3) is 0 Å². The fourth-order valence-electron chi connectivity index (χ4n) is 3.28. The predicted octanol–water partition coefficient (Wildman–Crippen LogP) is 2.18. The van der Waals surface area contributed by atoms with E-state index in [0.29, 0.717) is 17.8 Å². The van der Waals surface area contributed by atoms with Crippen LogP contribution in [0.5, 0.6) is 0 Å². The number of amides is 2. The Kier molecular flexibility index (Phi) is 4.90. The molecule has 0 atom stereocenters. The molecule has 1 heterocycles. The summed E-state index contributed by atoms with van der Waals surface area (Å²) in [6.07, 6.45) is 4.05. The van der Waals surface area contributed by atoms with Crippen LogP contribution in [0.1, 0.15) is 43.0 Å². The summed E-state index contributed by atoms with van der Waals surface area (Å²) in [5.74, 6) is 0.154. The Morgan fingerprint density at radius 2 is 1.92 bits per heavy atom. The van der Waals surface area contributed by atoms with Crippen molar-refractivity contribution in [3.63, 3.8) is 0 Å². The molecule has 0 unspecified atom stereocenters. The number of para-hydroxylation sites is 1.